The van der Waals surface area contributed by atoms with E-state index in [4.69, 9.17) is 16.3 Å². The summed E-state index contributed by atoms with van der Waals surface area (Å²) in [7, 11) is 0. The van der Waals surface area contributed by atoms with Gasteiger partial charge in [-0.3, -0.25) is 0 Å². The number of halogens is 1. The van der Waals surface area contributed by atoms with Crippen molar-refractivity contribution in [2.75, 3.05) is 0 Å². The highest BCUT2D eigenvalue weighted by atomic mass is 35.5. The Balaban J connectivity index is 2.23. The Kier molecular flexibility index (Phi) is 5.06. The summed E-state index contributed by atoms with van der Waals surface area (Å²) >= 11 is 5.84. The van der Waals surface area contributed by atoms with Crippen LogP contribution in [0.3, 0.4) is 0 Å². The largest absolute Gasteiger partial charge is 0.456 e. The van der Waals surface area contributed by atoms with Crippen molar-refractivity contribution < 1.29 is 9.84 Å². The van der Waals surface area contributed by atoms with Crippen molar-refractivity contribution >= 4 is 11.6 Å². The molecular weight excluding hydrogens is 272 g/mol. The Morgan fingerprint density at radius 1 is 1.15 bits per heavy atom. The van der Waals surface area contributed by atoms with Gasteiger partial charge < -0.3 is 9.84 Å². The second-order valence-electron chi connectivity index (χ2n) is 4.25. The molecule has 3 heteroatoms. The number of ether oxygens (including phenoxy) is 1. The van der Waals surface area contributed by atoms with E-state index in [0.29, 0.717) is 22.9 Å². The molecule has 0 aliphatic heterocycles. The molecule has 2 rings (SSSR count). The number of aliphatic hydroxyl groups excluding tert-OH is 1. The van der Waals surface area contributed by atoms with Gasteiger partial charge in [0, 0.05) is 5.02 Å². The number of benzene rings is 2. The molecular formula is C17H15ClO2. The van der Waals surface area contributed by atoms with E-state index < -0.39 is 6.10 Å². The first-order valence-corrected chi connectivity index (χ1v) is 6.79. The lowest BCUT2D eigenvalue weighted by atomic mass is 10.2. The van der Waals surface area contributed by atoms with E-state index in [-0.39, 0.29) is 0 Å². The van der Waals surface area contributed by atoms with Gasteiger partial charge in [-0.25, -0.2) is 0 Å². The van der Waals surface area contributed by atoms with Gasteiger partial charge >= 0.3 is 0 Å². The van der Waals surface area contributed by atoms with Gasteiger partial charge in [-0.15, -0.1) is 0 Å². The first-order chi connectivity index (χ1) is 9.69. The number of hydrogen-bond acceptors (Lipinski definition) is 2. The molecule has 0 fully saturated rings. The van der Waals surface area contributed by atoms with Crippen LogP contribution in [0.5, 0.6) is 11.5 Å². The van der Waals surface area contributed by atoms with Crippen LogP contribution in [-0.4, -0.2) is 11.2 Å². The van der Waals surface area contributed by atoms with Crippen molar-refractivity contribution in [3.8, 4) is 23.3 Å². The molecule has 0 aliphatic carbocycles. The molecule has 0 aliphatic rings. The van der Waals surface area contributed by atoms with E-state index in [0.717, 1.165) is 5.56 Å². The molecule has 0 saturated heterocycles. The molecule has 2 aromatic carbocycles. The fraction of sp³-hybridized carbons (Fsp3) is 0.176. The maximum Gasteiger partial charge on any atom is 0.143 e. The molecule has 1 atom stereocenters. The minimum absolute atomic E-state index is 0.604. The summed E-state index contributed by atoms with van der Waals surface area (Å²) in [6.45, 7) is 1.88. The highest BCUT2D eigenvalue weighted by Crippen LogP contribution is 2.25. The van der Waals surface area contributed by atoms with Crippen molar-refractivity contribution in [3.05, 3.63) is 59.1 Å². The molecule has 0 radical (unpaired) electrons. The molecule has 0 saturated carbocycles. The standard InChI is InChI=1S/C17H15ClO2/c1-2-15(19)10-7-13-5-3-4-6-17(13)20-16-11-8-14(18)9-12-16/h3-6,8-9,11-12,15,19H,2H2,1H3. The highest BCUT2D eigenvalue weighted by Gasteiger charge is 2.02. The summed E-state index contributed by atoms with van der Waals surface area (Å²) in [4.78, 5) is 0. The minimum Gasteiger partial charge on any atom is -0.456 e. The predicted molar refractivity (Wildman–Crippen MR) is 81.1 cm³/mol. The fourth-order valence-corrected chi connectivity index (χ4v) is 1.68. The van der Waals surface area contributed by atoms with Crippen LogP contribution in [-0.2, 0) is 0 Å². The van der Waals surface area contributed by atoms with Crippen molar-refractivity contribution in [1.29, 1.82) is 0 Å². The molecule has 1 N–H and O–H groups in total. The molecule has 0 spiro atoms. The normalized spacial score (nSPS) is 11.3. The van der Waals surface area contributed by atoms with E-state index in [1.165, 1.54) is 0 Å². The second-order valence-corrected chi connectivity index (χ2v) is 4.68. The smallest absolute Gasteiger partial charge is 0.143 e. The number of hydrogen-bond donors (Lipinski definition) is 1. The summed E-state index contributed by atoms with van der Waals surface area (Å²) in [5.41, 5.74) is 0.745. The molecule has 2 aromatic rings. The zero-order valence-electron chi connectivity index (χ0n) is 11.1. The molecule has 0 heterocycles. The minimum atomic E-state index is -0.612. The Bertz CT molecular complexity index is 623. The Morgan fingerprint density at radius 2 is 1.85 bits per heavy atom. The van der Waals surface area contributed by atoms with E-state index in [9.17, 15) is 5.11 Å². The van der Waals surface area contributed by atoms with Gasteiger partial charge in [0.2, 0.25) is 0 Å². The summed E-state index contributed by atoms with van der Waals surface area (Å²) in [5, 5.41) is 10.2. The van der Waals surface area contributed by atoms with Crippen LogP contribution in [0.1, 0.15) is 18.9 Å². The fourth-order valence-electron chi connectivity index (χ4n) is 1.55. The third-order valence-electron chi connectivity index (χ3n) is 2.69. The molecule has 102 valence electrons. The summed E-state index contributed by atoms with van der Waals surface area (Å²) in [6, 6.07) is 14.6. The number of para-hydroxylation sites is 1. The van der Waals surface area contributed by atoms with E-state index in [1.54, 1.807) is 24.3 Å². The summed E-state index contributed by atoms with van der Waals surface area (Å²) < 4.78 is 5.79. The first kappa shape index (κ1) is 14.5. The second kappa shape index (κ2) is 7.00. The van der Waals surface area contributed by atoms with E-state index in [1.807, 2.05) is 31.2 Å². The van der Waals surface area contributed by atoms with Crippen LogP contribution in [0.15, 0.2) is 48.5 Å². The van der Waals surface area contributed by atoms with Gasteiger partial charge in [0.25, 0.3) is 0 Å². The van der Waals surface area contributed by atoms with E-state index in [2.05, 4.69) is 11.8 Å². The van der Waals surface area contributed by atoms with Crippen LogP contribution in [0.2, 0.25) is 5.02 Å². The van der Waals surface area contributed by atoms with E-state index >= 15 is 0 Å². The topological polar surface area (TPSA) is 29.5 Å². The third-order valence-corrected chi connectivity index (χ3v) is 2.94. The average molecular weight is 287 g/mol. The summed E-state index contributed by atoms with van der Waals surface area (Å²) in [6.07, 6.45) is -0.00805. The molecule has 0 aromatic heterocycles. The quantitative estimate of drug-likeness (QED) is 0.855. The van der Waals surface area contributed by atoms with Crippen LogP contribution < -0.4 is 4.74 Å². The lowest BCUT2D eigenvalue weighted by Gasteiger charge is -2.07. The first-order valence-electron chi connectivity index (χ1n) is 6.41. The van der Waals surface area contributed by atoms with Crippen molar-refractivity contribution in [3.63, 3.8) is 0 Å². The average Bonchev–Trinajstić information content (AvgIpc) is 2.48. The number of rotatable bonds is 3. The lowest BCUT2D eigenvalue weighted by molar-refractivity contribution is 0.228. The van der Waals surface area contributed by atoms with Gasteiger partial charge in [-0.1, -0.05) is 42.5 Å². The van der Waals surface area contributed by atoms with Gasteiger partial charge in [-0.05, 0) is 42.8 Å². The van der Waals surface area contributed by atoms with Crippen molar-refractivity contribution in [1.82, 2.24) is 0 Å². The maximum atomic E-state index is 9.50. The van der Waals surface area contributed by atoms with Gasteiger partial charge in [-0.2, -0.15) is 0 Å². The Labute approximate surface area is 124 Å². The SMILES string of the molecule is CCC(O)C#Cc1ccccc1Oc1ccc(Cl)cc1. The van der Waals surface area contributed by atoms with Crippen LogP contribution >= 0.6 is 11.6 Å². The monoisotopic (exact) mass is 286 g/mol. The Hall–Kier alpha value is -1.95. The molecule has 0 amide bonds. The van der Waals surface area contributed by atoms with Crippen molar-refractivity contribution in [2.45, 2.75) is 19.4 Å². The third kappa shape index (κ3) is 4.03. The lowest BCUT2D eigenvalue weighted by Crippen LogP contribution is -1.99. The molecule has 2 nitrogen and oxygen atoms in total. The molecule has 0 bridgehead atoms. The predicted octanol–water partition coefficient (Wildman–Crippen LogP) is 4.25. The number of aliphatic hydroxyl groups is 1. The molecule has 1 unspecified atom stereocenters. The van der Waals surface area contributed by atoms with Crippen LogP contribution in [0.25, 0.3) is 0 Å². The Morgan fingerprint density at radius 3 is 2.55 bits per heavy atom. The van der Waals surface area contributed by atoms with Crippen LogP contribution in [0, 0.1) is 11.8 Å². The van der Waals surface area contributed by atoms with Crippen LogP contribution in [0.4, 0.5) is 0 Å². The summed E-state index contributed by atoms with van der Waals surface area (Å²) in [5.74, 6) is 7.08. The van der Waals surface area contributed by atoms with Crippen molar-refractivity contribution in [2.24, 2.45) is 0 Å². The maximum absolute atomic E-state index is 9.50. The van der Waals surface area contributed by atoms with Gasteiger partial charge in [0.15, 0.2) is 0 Å². The zero-order chi connectivity index (χ0) is 14.4. The zero-order valence-corrected chi connectivity index (χ0v) is 11.9. The van der Waals surface area contributed by atoms with Gasteiger partial charge in [0.1, 0.15) is 17.6 Å². The highest BCUT2D eigenvalue weighted by molar-refractivity contribution is 6.30. The van der Waals surface area contributed by atoms with Gasteiger partial charge in [0.05, 0.1) is 5.56 Å². The molecule has 20 heavy (non-hydrogen) atoms.